The number of benzene rings is 1. The van der Waals surface area contributed by atoms with Gasteiger partial charge in [0.15, 0.2) is 0 Å². The van der Waals surface area contributed by atoms with Gasteiger partial charge in [-0.05, 0) is 46.8 Å². The molecule has 0 aliphatic rings. The third-order valence-electron chi connectivity index (χ3n) is 2.90. The second-order valence-corrected chi connectivity index (χ2v) is 7.84. The molecule has 3 nitrogen and oxygen atoms in total. The Kier molecular flexibility index (Phi) is 6.29. The molecule has 1 rings (SSSR count). The van der Waals surface area contributed by atoms with Crippen LogP contribution in [0.4, 0.5) is 4.39 Å². The Hall–Kier alpha value is -0.110. The smallest absolute Gasteiger partial charge is 0.207 e. The lowest BCUT2D eigenvalue weighted by molar-refractivity contribution is 0.385. The first-order valence-electron chi connectivity index (χ1n) is 5.76. The first-order chi connectivity index (χ1) is 8.84. The molecule has 1 aromatic carbocycles. The van der Waals surface area contributed by atoms with Gasteiger partial charge in [0, 0.05) is 23.3 Å². The van der Waals surface area contributed by atoms with Crippen LogP contribution in [0.3, 0.4) is 0 Å². The zero-order valence-corrected chi connectivity index (χ0v) is 14.3. The zero-order chi connectivity index (χ0) is 14.6. The molecule has 1 atom stereocenters. The van der Waals surface area contributed by atoms with Crippen molar-refractivity contribution in [2.45, 2.75) is 24.3 Å². The van der Waals surface area contributed by atoms with Crippen LogP contribution >= 0.6 is 27.7 Å². The van der Waals surface area contributed by atoms with E-state index in [1.165, 1.54) is 10.4 Å². The highest BCUT2D eigenvalue weighted by Gasteiger charge is 2.28. The fourth-order valence-corrected chi connectivity index (χ4v) is 5.08. The Bertz CT molecular complexity index is 537. The van der Waals surface area contributed by atoms with E-state index in [2.05, 4.69) is 15.9 Å². The van der Waals surface area contributed by atoms with Gasteiger partial charge in [0.25, 0.3) is 0 Å². The maximum Gasteiger partial charge on any atom is 0.244 e. The van der Waals surface area contributed by atoms with Gasteiger partial charge in [-0.25, -0.2) is 12.8 Å². The zero-order valence-electron chi connectivity index (χ0n) is 11.1. The van der Waals surface area contributed by atoms with E-state index in [-0.39, 0.29) is 15.4 Å². The molecule has 0 N–H and O–H groups in total. The summed E-state index contributed by atoms with van der Waals surface area (Å²) in [6.07, 6.45) is 2.67. The van der Waals surface area contributed by atoms with Crippen molar-refractivity contribution in [2.75, 3.05) is 19.1 Å². The van der Waals surface area contributed by atoms with Crippen molar-refractivity contribution in [3.8, 4) is 0 Å². The van der Waals surface area contributed by atoms with Gasteiger partial charge in [-0.15, -0.1) is 0 Å². The van der Waals surface area contributed by atoms with Gasteiger partial charge in [-0.3, -0.25) is 0 Å². The summed E-state index contributed by atoms with van der Waals surface area (Å²) in [5, 5.41) is 0. The van der Waals surface area contributed by atoms with Crippen molar-refractivity contribution in [3.63, 3.8) is 0 Å². The van der Waals surface area contributed by atoms with E-state index >= 15 is 0 Å². The fourth-order valence-electron chi connectivity index (χ4n) is 1.71. The fraction of sp³-hybridized carbons (Fsp3) is 0.500. The number of thioether (sulfide) groups is 1. The van der Waals surface area contributed by atoms with Crippen molar-refractivity contribution in [1.29, 1.82) is 0 Å². The predicted octanol–water partition coefficient (Wildman–Crippen LogP) is 3.35. The number of halogens is 2. The second-order valence-electron chi connectivity index (χ2n) is 4.11. The van der Waals surface area contributed by atoms with Gasteiger partial charge in [0.05, 0.1) is 4.90 Å². The lowest BCUT2D eigenvalue weighted by Gasteiger charge is -2.26. The van der Waals surface area contributed by atoms with Crippen molar-refractivity contribution < 1.29 is 12.8 Å². The summed E-state index contributed by atoms with van der Waals surface area (Å²) in [5.74, 6) is 0.259. The summed E-state index contributed by atoms with van der Waals surface area (Å²) in [7, 11) is -2.05. The van der Waals surface area contributed by atoms with Gasteiger partial charge in [0.2, 0.25) is 10.0 Å². The Balaban J connectivity index is 3.15. The summed E-state index contributed by atoms with van der Waals surface area (Å²) in [6.45, 7) is 1.95. The molecular formula is C12H17BrFNO2S2. The number of sulfonamides is 1. The molecule has 0 radical (unpaired) electrons. The maximum absolute atomic E-state index is 13.0. The first kappa shape index (κ1) is 16.9. The normalized spacial score (nSPS) is 13.8. The van der Waals surface area contributed by atoms with Crippen molar-refractivity contribution >= 4 is 37.7 Å². The van der Waals surface area contributed by atoms with Crippen molar-refractivity contribution in [1.82, 2.24) is 4.31 Å². The average molecular weight is 370 g/mol. The lowest BCUT2D eigenvalue weighted by atomic mass is 10.3. The van der Waals surface area contributed by atoms with Gasteiger partial charge >= 0.3 is 0 Å². The highest BCUT2D eigenvalue weighted by atomic mass is 79.9. The van der Waals surface area contributed by atoms with Crippen LogP contribution in [-0.2, 0) is 10.0 Å². The molecule has 1 unspecified atom stereocenters. The van der Waals surface area contributed by atoms with Crippen LogP contribution in [0.25, 0.3) is 0 Å². The molecule has 0 bridgehead atoms. The van der Waals surface area contributed by atoms with E-state index in [0.717, 1.165) is 24.3 Å². The van der Waals surface area contributed by atoms with E-state index in [0.29, 0.717) is 0 Å². The number of hydrogen-bond acceptors (Lipinski definition) is 3. The van der Waals surface area contributed by atoms with Gasteiger partial charge in [-0.2, -0.15) is 16.1 Å². The molecule has 0 spiro atoms. The van der Waals surface area contributed by atoms with E-state index in [1.807, 2.05) is 13.2 Å². The van der Waals surface area contributed by atoms with E-state index < -0.39 is 15.8 Å². The molecule has 0 fully saturated rings. The highest BCUT2D eigenvalue weighted by molar-refractivity contribution is 9.10. The van der Waals surface area contributed by atoms with Crippen LogP contribution in [0.15, 0.2) is 27.6 Å². The third-order valence-corrected chi connectivity index (χ3v) is 6.50. The van der Waals surface area contributed by atoms with Gasteiger partial charge < -0.3 is 0 Å². The number of hydrogen-bond donors (Lipinski definition) is 0. The molecule has 0 heterocycles. The minimum Gasteiger partial charge on any atom is -0.207 e. The van der Waals surface area contributed by atoms with Crippen molar-refractivity contribution in [2.24, 2.45) is 0 Å². The van der Waals surface area contributed by atoms with E-state index in [4.69, 9.17) is 0 Å². The number of nitrogens with zero attached hydrogens (tertiary/aromatic N) is 1. The van der Waals surface area contributed by atoms with Crippen LogP contribution in [0.2, 0.25) is 0 Å². The van der Waals surface area contributed by atoms with E-state index in [9.17, 15) is 12.8 Å². The van der Waals surface area contributed by atoms with Crippen molar-refractivity contribution in [3.05, 3.63) is 28.5 Å². The summed E-state index contributed by atoms with van der Waals surface area (Å²) < 4.78 is 39.7. The standard InChI is InChI=1S/C12H17BrFNO2S2/c1-4-10(8-18-3)15(2)19(16,17)12-6-5-9(14)7-11(12)13/h5-7,10H,4,8H2,1-3H3. The monoisotopic (exact) mass is 369 g/mol. The lowest BCUT2D eigenvalue weighted by Crippen LogP contribution is -2.38. The molecular weight excluding hydrogens is 353 g/mol. The van der Waals surface area contributed by atoms with Gasteiger partial charge in [0.1, 0.15) is 5.82 Å². The molecule has 1 aromatic rings. The number of rotatable bonds is 6. The molecule has 0 amide bonds. The highest BCUT2D eigenvalue weighted by Crippen LogP contribution is 2.27. The molecule has 0 saturated heterocycles. The Labute approximate surface area is 126 Å². The van der Waals surface area contributed by atoms with E-state index in [1.54, 1.807) is 18.8 Å². The Morgan fingerprint density at radius 2 is 2.11 bits per heavy atom. The van der Waals surface area contributed by atoms with Crippen LogP contribution in [0.1, 0.15) is 13.3 Å². The molecule has 7 heteroatoms. The molecule has 0 saturated carbocycles. The minimum absolute atomic E-state index is 0.0723. The largest absolute Gasteiger partial charge is 0.244 e. The van der Waals surface area contributed by atoms with Crippen LogP contribution < -0.4 is 0 Å². The molecule has 19 heavy (non-hydrogen) atoms. The topological polar surface area (TPSA) is 37.4 Å². The Morgan fingerprint density at radius 3 is 2.58 bits per heavy atom. The molecule has 108 valence electrons. The average Bonchev–Trinajstić information content (AvgIpc) is 2.34. The van der Waals surface area contributed by atoms with Crippen LogP contribution in [0, 0.1) is 5.82 Å². The minimum atomic E-state index is -3.61. The molecule has 0 aliphatic heterocycles. The van der Waals surface area contributed by atoms with Gasteiger partial charge in [-0.1, -0.05) is 6.92 Å². The summed E-state index contributed by atoms with van der Waals surface area (Å²) in [4.78, 5) is 0.0935. The third kappa shape index (κ3) is 3.93. The SMILES string of the molecule is CCC(CSC)N(C)S(=O)(=O)c1ccc(F)cc1Br. The Morgan fingerprint density at radius 1 is 1.47 bits per heavy atom. The first-order valence-corrected chi connectivity index (χ1v) is 9.39. The quantitative estimate of drug-likeness (QED) is 0.771. The summed E-state index contributed by atoms with van der Waals surface area (Å²) in [5.41, 5.74) is 0. The maximum atomic E-state index is 13.0. The molecule has 0 aliphatic carbocycles. The summed E-state index contributed by atoms with van der Waals surface area (Å²) in [6, 6.07) is 3.53. The summed E-state index contributed by atoms with van der Waals surface area (Å²) >= 11 is 4.71. The second kappa shape index (κ2) is 7.06. The van der Waals surface area contributed by atoms with Crippen LogP contribution in [-0.4, -0.2) is 37.8 Å². The molecule has 0 aromatic heterocycles. The predicted molar refractivity (Wildman–Crippen MR) is 81.5 cm³/mol. The van der Waals surface area contributed by atoms with Crippen LogP contribution in [0.5, 0.6) is 0 Å².